The molecule has 0 saturated carbocycles. The average Bonchev–Trinajstić information content (AvgIpc) is 3.89. The lowest BCUT2D eigenvalue weighted by molar-refractivity contribution is 0.630. The van der Waals surface area contributed by atoms with Crippen molar-refractivity contribution in [1.82, 2.24) is 14.5 Å². The molecule has 7 aromatic carbocycles. The maximum Gasteiger partial charge on any atom is 0.164 e. The fourth-order valence-electron chi connectivity index (χ4n) is 9.00. The van der Waals surface area contributed by atoms with Gasteiger partial charge in [-0.2, -0.15) is 0 Å². The van der Waals surface area contributed by atoms with Gasteiger partial charge in [-0.25, -0.2) is 9.97 Å². The number of thiophene rings is 1. The summed E-state index contributed by atoms with van der Waals surface area (Å²) in [6, 6.07) is 54.3. The van der Waals surface area contributed by atoms with Crippen LogP contribution in [0.5, 0.6) is 0 Å². The monoisotopic (exact) mass is 709 g/mol. The van der Waals surface area contributed by atoms with Crippen LogP contribution in [0.1, 0.15) is 25.0 Å². The molecule has 4 aromatic heterocycles. The summed E-state index contributed by atoms with van der Waals surface area (Å²) in [5.74, 6) is 0.651. The normalized spacial score (nSPS) is 13.5. The fraction of sp³-hybridized carbons (Fsp3) is 0.0612. The van der Waals surface area contributed by atoms with Crippen LogP contribution in [0, 0.1) is 0 Å². The van der Waals surface area contributed by atoms with Crippen molar-refractivity contribution in [2.24, 2.45) is 0 Å². The summed E-state index contributed by atoms with van der Waals surface area (Å²) in [6.07, 6.45) is 0. The zero-order chi connectivity index (χ0) is 35.7. The number of rotatable bonds is 3. The second-order valence-corrected chi connectivity index (χ2v) is 16.0. The van der Waals surface area contributed by atoms with Gasteiger partial charge in [-0.15, -0.1) is 11.3 Å². The molecule has 0 unspecified atom stereocenters. The summed E-state index contributed by atoms with van der Waals surface area (Å²) in [7, 11) is 0. The Morgan fingerprint density at radius 3 is 2.20 bits per heavy atom. The van der Waals surface area contributed by atoms with Gasteiger partial charge in [-0.05, 0) is 64.7 Å². The molecule has 54 heavy (non-hydrogen) atoms. The summed E-state index contributed by atoms with van der Waals surface area (Å²) in [6.45, 7) is 4.75. The van der Waals surface area contributed by atoms with E-state index >= 15 is 0 Å². The molecule has 0 amide bonds. The van der Waals surface area contributed by atoms with Crippen molar-refractivity contribution in [3.05, 3.63) is 163 Å². The topological polar surface area (TPSA) is 43.9 Å². The van der Waals surface area contributed by atoms with Gasteiger partial charge < -0.3 is 8.98 Å². The first-order valence-electron chi connectivity index (χ1n) is 18.4. The molecule has 0 radical (unpaired) electrons. The Balaban J connectivity index is 1.04. The first kappa shape index (κ1) is 30.0. The summed E-state index contributed by atoms with van der Waals surface area (Å²) >= 11 is 1.90. The molecule has 1 aliphatic rings. The molecular weight excluding hydrogens is 679 g/mol. The van der Waals surface area contributed by atoms with Crippen LogP contribution in [0.4, 0.5) is 0 Å². The van der Waals surface area contributed by atoms with Crippen LogP contribution in [0.15, 0.2) is 156 Å². The van der Waals surface area contributed by atoms with Gasteiger partial charge in [-0.1, -0.05) is 123 Å². The van der Waals surface area contributed by atoms with Crippen molar-refractivity contribution in [2.75, 3.05) is 0 Å². The molecule has 5 heterocycles. The van der Waals surface area contributed by atoms with Crippen molar-refractivity contribution < 1.29 is 4.42 Å². The summed E-state index contributed by atoms with van der Waals surface area (Å²) in [5, 5.41) is 5.83. The van der Waals surface area contributed by atoms with Gasteiger partial charge in [-0.3, -0.25) is 0 Å². The van der Waals surface area contributed by atoms with Gasteiger partial charge in [0.05, 0.1) is 38.2 Å². The van der Waals surface area contributed by atoms with E-state index in [0.29, 0.717) is 5.82 Å². The maximum absolute atomic E-state index is 6.43. The zero-order valence-corrected chi connectivity index (χ0v) is 30.4. The third-order valence-electron chi connectivity index (χ3n) is 11.6. The van der Waals surface area contributed by atoms with E-state index in [4.69, 9.17) is 14.4 Å². The lowest BCUT2D eigenvalue weighted by atomic mass is 9.74. The SMILES string of the molecule is CC1(C)c2cc(-c3cccc(-c4nc(-c5cccc6c5oc5ccccc56)nc5ccccc45)c3)ccc2-n2c3c1cccc3c1sc3ccccc3c12. The molecule has 1 aliphatic heterocycles. The first-order valence-corrected chi connectivity index (χ1v) is 19.2. The second kappa shape index (κ2) is 10.8. The van der Waals surface area contributed by atoms with E-state index < -0.39 is 0 Å². The first-order chi connectivity index (χ1) is 26.5. The lowest BCUT2D eigenvalue weighted by Crippen LogP contribution is -2.26. The summed E-state index contributed by atoms with van der Waals surface area (Å²) in [4.78, 5) is 10.4. The number of furan rings is 1. The van der Waals surface area contributed by atoms with Gasteiger partial charge in [0.2, 0.25) is 0 Å². The highest BCUT2D eigenvalue weighted by atomic mass is 32.1. The minimum absolute atomic E-state index is 0.190. The van der Waals surface area contributed by atoms with Crippen LogP contribution in [0.25, 0.3) is 104 Å². The molecule has 0 saturated heterocycles. The van der Waals surface area contributed by atoms with Crippen LogP contribution < -0.4 is 0 Å². The quantitative estimate of drug-likeness (QED) is 0.183. The summed E-state index contributed by atoms with van der Waals surface area (Å²) < 4.78 is 11.7. The molecule has 5 heteroatoms. The molecule has 0 bridgehead atoms. The van der Waals surface area contributed by atoms with E-state index in [0.717, 1.165) is 55.2 Å². The van der Waals surface area contributed by atoms with Crippen molar-refractivity contribution in [3.8, 4) is 39.5 Å². The Kier molecular flexibility index (Phi) is 5.96. The minimum atomic E-state index is -0.190. The molecule has 4 nitrogen and oxygen atoms in total. The zero-order valence-electron chi connectivity index (χ0n) is 29.6. The van der Waals surface area contributed by atoms with E-state index in [1.165, 1.54) is 53.6 Å². The van der Waals surface area contributed by atoms with E-state index in [1.807, 2.05) is 35.6 Å². The van der Waals surface area contributed by atoms with Crippen LogP contribution in [-0.4, -0.2) is 14.5 Å². The molecule has 0 atom stereocenters. The highest BCUT2D eigenvalue weighted by Crippen LogP contribution is 2.51. The van der Waals surface area contributed by atoms with Crippen molar-refractivity contribution in [3.63, 3.8) is 0 Å². The van der Waals surface area contributed by atoms with E-state index in [9.17, 15) is 0 Å². The smallest absolute Gasteiger partial charge is 0.164 e. The van der Waals surface area contributed by atoms with Crippen LogP contribution in [0.2, 0.25) is 0 Å². The third-order valence-corrected chi connectivity index (χ3v) is 12.8. The van der Waals surface area contributed by atoms with Gasteiger partial charge in [0.1, 0.15) is 11.2 Å². The van der Waals surface area contributed by atoms with Gasteiger partial charge in [0, 0.05) is 42.6 Å². The van der Waals surface area contributed by atoms with Gasteiger partial charge in [0.15, 0.2) is 5.82 Å². The molecule has 0 spiro atoms. The molecular formula is C49H31N3OS. The van der Waals surface area contributed by atoms with Crippen LogP contribution in [0.3, 0.4) is 0 Å². The Morgan fingerprint density at radius 1 is 0.556 bits per heavy atom. The molecule has 0 N–H and O–H groups in total. The van der Waals surface area contributed by atoms with Gasteiger partial charge in [0.25, 0.3) is 0 Å². The second-order valence-electron chi connectivity index (χ2n) is 14.9. The standard InChI is InChI=1S/C49H31N3OS/c1-49(2)37-20-11-18-35-44(37)52(45-34-16-5-8-23-42(34)54-47(35)45)40-25-24-29(27-38(40)49)28-12-9-13-30(26-28)43-33-15-3-6-21-39(33)50-48(51-43)36-19-10-17-32-31-14-4-7-22-41(31)53-46(32)36/h3-27H,1-2H3. The number of hydrogen-bond acceptors (Lipinski definition) is 4. The maximum atomic E-state index is 6.43. The Bertz CT molecular complexity index is 3380. The molecule has 0 fully saturated rings. The average molecular weight is 710 g/mol. The number of para-hydroxylation sites is 4. The van der Waals surface area contributed by atoms with Crippen molar-refractivity contribution in [1.29, 1.82) is 0 Å². The Labute approximate surface area is 314 Å². The Hall–Kier alpha value is -6.56. The highest BCUT2D eigenvalue weighted by molar-refractivity contribution is 7.26. The lowest BCUT2D eigenvalue weighted by Gasteiger charge is -2.35. The molecule has 12 rings (SSSR count). The summed E-state index contributed by atoms with van der Waals surface area (Å²) in [5.41, 5.74) is 14.1. The molecule has 254 valence electrons. The molecule has 0 aliphatic carbocycles. The highest BCUT2D eigenvalue weighted by Gasteiger charge is 2.36. The van der Waals surface area contributed by atoms with Crippen LogP contribution >= 0.6 is 11.3 Å². The number of nitrogens with zero attached hydrogens (tertiary/aromatic N) is 3. The van der Waals surface area contributed by atoms with E-state index in [2.05, 4.69) is 146 Å². The fourth-order valence-corrected chi connectivity index (χ4v) is 10.2. The molecule has 11 aromatic rings. The minimum Gasteiger partial charge on any atom is -0.455 e. The van der Waals surface area contributed by atoms with E-state index in [-0.39, 0.29) is 5.41 Å². The van der Waals surface area contributed by atoms with Gasteiger partial charge >= 0.3 is 0 Å². The number of aromatic nitrogens is 3. The number of fused-ring (bicyclic) bond motifs is 11. The third kappa shape index (κ3) is 4.02. The van der Waals surface area contributed by atoms with Crippen molar-refractivity contribution >= 4 is 75.4 Å². The van der Waals surface area contributed by atoms with Crippen LogP contribution in [-0.2, 0) is 5.41 Å². The van der Waals surface area contributed by atoms with E-state index in [1.54, 1.807) is 0 Å². The number of benzene rings is 7. The predicted octanol–water partition coefficient (Wildman–Crippen LogP) is 13.5. The number of hydrogen-bond donors (Lipinski definition) is 0. The van der Waals surface area contributed by atoms with Crippen molar-refractivity contribution in [2.45, 2.75) is 19.3 Å². The largest absolute Gasteiger partial charge is 0.455 e. The Morgan fingerprint density at radius 2 is 1.28 bits per heavy atom. The predicted molar refractivity (Wildman–Crippen MR) is 225 cm³/mol.